The zero-order valence-electron chi connectivity index (χ0n) is 10.9. The van der Waals surface area contributed by atoms with Gasteiger partial charge in [-0.2, -0.15) is 0 Å². The van der Waals surface area contributed by atoms with Crippen molar-refractivity contribution in [3.8, 4) is 0 Å². The lowest BCUT2D eigenvalue weighted by molar-refractivity contribution is 0.362. The van der Waals surface area contributed by atoms with Gasteiger partial charge in [0.2, 0.25) is 0 Å². The number of thiophene rings is 1. The largest absolute Gasteiger partial charge is 0.313 e. The molecule has 92 valence electrons. The highest BCUT2D eigenvalue weighted by molar-refractivity contribution is 7.17. The van der Waals surface area contributed by atoms with Crippen LogP contribution < -0.4 is 5.32 Å². The first-order chi connectivity index (χ1) is 8.31. The van der Waals surface area contributed by atoms with E-state index in [0.717, 1.165) is 0 Å². The van der Waals surface area contributed by atoms with Crippen LogP contribution >= 0.6 is 11.3 Å². The molecule has 0 aliphatic carbocycles. The molecule has 1 N–H and O–H groups in total. The smallest absolute Gasteiger partial charge is 0.0390 e. The molecule has 0 saturated heterocycles. The van der Waals surface area contributed by atoms with Gasteiger partial charge in [0.15, 0.2) is 0 Å². The fourth-order valence-corrected chi connectivity index (χ4v) is 3.62. The lowest BCUT2D eigenvalue weighted by atomic mass is 9.88. The Morgan fingerprint density at radius 1 is 1.18 bits per heavy atom. The minimum absolute atomic E-state index is 0.479. The van der Waals surface area contributed by atoms with Crippen molar-refractivity contribution in [1.29, 1.82) is 0 Å². The maximum absolute atomic E-state index is 3.51. The summed E-state index contributed by atoms with van der Waals surface area (Å²) >= 11 is 1.86. The van der Waals surface area contributed by atoms with Crippen molar-refractivity contribution in [2.45, 2.75) is 32.7 Å². The van der Waals surface area contributed by atoms with Crippen molar-refractivity contribution in [1.82, 2.24) is 5.32 Å². The van der Waals surface area contributed by atoms with Crippen LogP contribution in [0.1, 0.15) is 38.3 Å². The summed E-state index contributed by atoms with van der Waals surface area (Å²) in [5, 5.41) is 7.07. The number of nitrogens with one attached hydrogen (secondary N) is 1. The third-order valence-electron chi connectivity index (χ3n) is 3.68. The summed E-state index contributed by atoms with van der Waals surface area (Å²) in [7, 11) is 2.08. The van der Waals surface area contributed by atoms with Gasteiger partial charge in [-0.3, -0.25) is 0 Å². The molecule has 0 amide bonds. The number of rotatable bonds is 5. The van der Waals surface area contributed by atoms with Gasteiger partial charge in [0.1, 0.15) is 0 Å². The molecule has 2 rings (SSSR count). The molecule has 1 heterocycles. The van der Waals surface area contributed by atoms with Gasteiger partial charge in [0.05, 0.1) is 0 Å². The highest BCUT2D eigenvalue weighted by atomic mass is 32.1. The van der Waals surface area contributed by atoms with Crippen LogP contribution in [0.15, 0.2) is 29.6 Å². The number of benzene rings is 1. The predicted molar refractivity (Wildman–Crippen MR) is 77.7 cm³/mol. The normalized spacial score (nSPS) is 13.4. The van der Waals surface area contributed by atoms with E-state index >= 15 is 0 Å². The molecule has 0 spiro atoms. The molecular formula is C15H21NS. The van der Waals surface area contributed by atoms with E-state index in [9.17, 15) is 0 Å². The molecule has 0 bridgehead atoms. The SMILES string of the molecule is CCC(CC)C(NC)c1cccc2ccsc12. The molecule has 0 aliphatic heterocycles. The van der Waals surface area contributed by atoms with Crippen LogP contribution in [0.25, 0.3) is 10.1 Å². The van der Waals surface area contributed by atoms with E-state index in [1.54, 1.807) is 0 Å². The first-order valence-electron chi connectivity index (χ1n) is 6.45. The minimum atomic E-state index is 0.479. The number of hydrogen-bond donors (Lipinski definition) is 1. The second kappa shape index (κ2) is 5.65. The molecule has 1 aromatic heterocycles. The lowest BCUT2D eigenvalue weighted by Gasteiger charge is -2.25. The Morgan fingerprint density at radius 2 is 1.94 bits per heavy atom. The van der Waals surface area contributed by atoms with Gasteiger partial charge in [-0.1, -0.05) is 44.9 Å². The van der Waals surface area contributed by atoms with E-state index in [1.807, 2.05) is 11.3 Å². The Hall–Kier alpha value is -0.860. The van der Waals surface area contributed by atoms with Crippen LogP contribution in [0.2, 0.25) is 0 Å². The van der Waals surface area contributed by atoms with Crippen LogP contribution in [-0.2, 0) is 0 Å². The molecule has 2 heteroatoms. The van der Waals surface area contributed by atoms with Crippen molar-refractivity contribution in [3.63, 3.8) is 0 Å². The molecule has 17 heavy (non-hydrogen) atoms. The van der Waals surface area contributed by atoms with Crippen LogP contribution in [0, 0.1) is 5.92 Å². The molecule has 2 aromatic rings. The average molecular weight is 247 g/mol. The Morgan fingerprint density at radius 3 is 2.59 bits per heavy atom. The second-order valence-corrected chi connectivity index (χ2v) is 5.45. The average Bonchev–Trinajstić information content (AvgIpc) is 2.84. The van der Waals surface area contributed by atoms with E-state index in [1.165, 1.54) is 28.5 Å². The fourth-order valence-electron chi connectivity index (χ4n) is 2.67. The van der Waals surface area contributed by atoms with Crippen LogP contribution in [0.4, 0.5) is 0 Å². The van der Waals surface area contributed by atoms with Gasteiger partial charge in [-0.25, -0.2) is 0 Å². The second-order valence-electron chi connectivity index (χ2n) is 4.53. The van der Waals surface area contributed by atoms with Crippen molar-refractivity contribution in [2.24, 2.45) is 5.92 Å². The third kappa shape index (κ3) is 2.38. The lowest BCUT2D eigenvalue weighted by Crippen LogP contribution is -2.24. The molecule has 1 unspecified atom stereocenters. The van der Waals surface area contributed by atoms with Gasteiger partial charge in [0.25, 0.3) is 0 Å². The topological polar surface area (TPSA) is 12.0 Å². The number of hydrogen-bond acceptors (Lipinski definition) is 2. The van der Waals surface area contributed by atoms with E-state index in [4.69, 9.17) is 0 Å². The van der Waals surface area contributed by atoms with Crippen molar-refractivity contribution >= 4 is 21.4 Å². The Balaban J connectivity index is 2.45. The summed E-state index contributed by atoms with van der Waals surface area (Å²) in [6, 6.07) is 9.35. The summed E-state index contributed by atoms with van der Waals surface area (Å²) in [6.45, 7) is 4.57. The van der Waals surface area contributed by atoms with Gasteiger partial charge >= 0.3 is 0 Å². The number of fused-ring (bicyclic) bond motifs is 1. The quantitative estimate of drug-likeness (QED) is 0.814. The highest BCUT2D eigenvalue weighted by Gasteiger charge is 2.20. The van der Waals surface area contributed by atoms with Crippen molar-refractivity contribution in [3.05, 3.63) is 35.2 Å². The molecule has 1 nitrogen and oxygen atoms in total. The van der Waals surface area contributed by atoms with Gasteiger partial charge < -0.3 is 5.32 Å². The summed E-state index contributed by atoms with van der Waals surface area (Å²) in [4.78, 5) is 0. The minimum Gasteiger partial charge on any atom is -0.313 e. The van der Waals surface area contributed by atoms with Crippen LogP contribution in [0.5, 0.6) is 0 Å². The zero-order chi connectivity index (χ0) is 12.3. The van der Waals surface area contributed by atoms with Crippen LogP contribution in [0.3, 0.4) is 0 Å². The molecule has 0 aliphatic rings. The van der Waals surface area contributed by atoms with E-state index in [0.29, 0.717) is 12.0 Å². The van der Waals surface area contributed by atoms with Crippen molar-refractivity contribution in [2.75, 3.05) is 7.05 Å². The first-order valence-corrected chi connectivity index (χ1v) is 7.33. The monoisotopic (exact) mass is 247 g/mol. The van der Waals surface area contributed by atoms with Crippen molar-refractivity contribution < 1.29 is 0 Å². The first kappa shape index (κ1) is 12.6. The Kier molecular flexibility index (Phi) is 4.19. The summed E-state index contributed by atoms with van der Waals surface area (Å²) in [6.07, 6.45) is 2.45. The summed E-state index contributed by atoms with van der Waals surface area (Å²) < 4.78 is 1.44. The fraction of sp³-hybridized carbons (Fsp3) is 0.467. The Labute approximate surface area is 108 Å². The van der Waals surface area contributed by atoms with E-state index in [2.05, 4.69) is 55.9 Å². The summed E-state index contributed by atoms with van der Waals surface area (Å²) in [5.74, 6) is 0.715. The molecule has 0 fully saturated rings. The molecule has 0 saturated carbocycles. The standard InChI is InChI=1S/C15H21NS/c1-4-11(5-2)14(16-3)13-8-6-7-12-9-10-17-15(12)13/h6-11,14,16H,4-5H2,1-3H3. The van der Waals surface area contributed by atoms with Crippen LogP contribution in [-0.4, -0.2) is 7.05 Å². The van der Waals surface area contributed by atoms with Gasteiger partial charge in [-0.15, -0.1) is 11.3 Å². The van der Waals surface area contributed by atoms with E-state index < -0.39 is 0 Å². The molecular weight excluding hydrogens is 226 g/mol. The van der Waals surface area contributed by atoms with E-state index in [-0.39, 0.29) is 0 Å². The molecule has 1 aromatic carbocycles. The zero-order valence-corrected chi connectivity index (χ0v) is 11.7. The van der Waals surface area contributed by atoms with Gasteiger partial charge in [0, 0.05) is 10.7 Å². The Bertz CT molecular complexity index is 470. The maximum atomic E-state index is 3.51. The molecule has 0 radical (unpaired) electrons. The van der Waals surface area contributed by atoms with Gasteiger partial charge in [-0.05, 0) is 35.4 Å². The molecule has 1 atom stereocenters. The third-order valence-corrected chi connectivity index (χ3v) is 4.65. The summed E-state index contributed by atoms with van der Waals surface area (Å²) in [5.41, 5.74) is 1.47. The highest BCUT2D eigenvalue weighted by Crippen LogP contribution is 2.34. The maximum Gasteiger partial charge on any atom is 0.0390 e. The predicted octanol–water partition coefficient (Wildman–Crippen LogP) is 4.60.